The number of nitrogens with one attached hydrogen (secondary N) is 2. The molecule has 1 rings (SSSR count). The Bertz CT molecular complexity index is 313. The summed E-state index contributed by atoms with van der Waals surface area (Å²) < 4.78 is 36.7. The zero-order chi connectivity index (χ0) is 15.2. The molecule has 5 nitrogen and oxygen atoms in total. The van der Waals surface area contributed by atoms with Crippen LogP contribution in [0.4, 0.5) is 18.0 Å². The Kier molecular flexibility index (Phi) is 6.54. The first-order valence-corrected chi connectivity index (χ1v) is 6.77. The monoisotopic (exact) mass is 297 g/mol. The lowest BCUT2D eigenvalue weighted by molar-refractivity contribution is -0.143. The first-order valence-electron chi connectivity index (χ1n) is 6.77. The van der Waals surface area contributed by atoms with Gasteiger partial charge < -0.3 is 15.7 Å². The van der Waals surface area contributed by atoms with Crippen LogP contribution < -0.4 is 10.6 Å². The Morgan fingerprint density at radius 2 is 2.20 bits per heavy atom. The van der Waals surface area contributed by atoms with E-state index < -0.39 is 12.7 Å². The van der Waals surface area contributed by atoms with Crippen LogP contribution in [0.3, 0.4) is 0 Å². The van der Waals surface area contributed by atoms with Gasteiger partial charge in [0.25, 0.3) is 0 Å². The number of nitrogens with zero attached hydrogens (tertiary/aromatic N) is 1. The number of urea groups is 1. The van der Waals surface area contributed by atoms with Crippen LogP contribution in [0, 0.1) is 0 Å². The molecule has 0 saturated carbocycles. The fourth-order valence-electron chi connectivity index (χ4n) is 2.27. The van der Waals surface area contributed by atoms with E-state index in [1.54, 1.807) is 0 Å². The highest BCUT2D eigenvalue weighted by Crippen LogP contribution is 2.19. The van der Waals surface area contributed by atoms with Crippen molar-refractivity contribution in [3.63, 3.8) is 0 Å². The number of likely N-dealkylation sites (tertiary alicyclic amines) is 1. The molecule has 0 radical (unpaired) electrons. The van der Waals surface area contributed by atoms with Gasteiger partial charge in [0.05, 0.1) is 6.54 Å². The molecule has 0 aromatic rings. The Morgan fingerprint density at radius 3 is 2.80 bits per heavy atom. The van der Waals surface area contributed by atoms with Crippen molar-refractivity contribution in [3.8, 4) is 0 Å². The Labute approximate surface area is 116 Å². The van der Waals surface area contributed by atoms with Crippen LogP contribution >= 0.6 is 0 Å². The third-order valence-corrected chi connectivity index (χ3v) is 3.18. The molecule has 20 heavy (non-hydrogen) atoms. The lowest BCUT2D eigenvalue weighted by atomic mass is 10.2. The molecule has 2 atom stereocenters. The molecule has 0 aliphatic carbocycles. The largest absolute Gasteiger partial charge is 0.401 e. The van der Waals surface area contributed by atoms with Crippen molar-refractivity contribution in [2.75, 3.05) is 26.2 Å². The summed E-state index contributed by atoms with van der Waals surface area (Å²) in [5.41, 5.74) is 0. The second-order valence-electron chi connectivity index (χ2n) is 5.22. The van der Waals surface area contributed by atoms with Crippen LogP contribution in [-0.2, 0) is 0 Å². The molecule has 3 N–H and O–H groups in total. The Morgan fingerprint density at radius 1 is 1.50 bits per heavy atom. The zero-order valence-electron chi connectivity index (χ0n) is 11.5. The van der Waals surface area contributed by atoms with Gasteiger partial charge in [-0.05, 0) is 26.2 Å². The molecule has 2 unspecified atom stereocenters. The molecule has 1 saturated heterocycles. The average Bonchev–Trinajstić information content (AvgIpc) is 2.70. The van der Waals surface area contributed by atoms with Crippen molar-refractivity contribution >= 4 is 6.03 Å². The summed E-state index contributed by atoms with van der Waals surface area (Å²) in [6, 6.07) is -0.688. The van der Waals surface area contributed by atoms with Crippen molar-refractivity contribution in [3.05, 3.63) is 0 Å². The number of hydrogen-bond acceptors (Lipinski definition) is 3. The minimum absolute atomic E-state index is 0.0721. The van der Waals surface area contributed by atoms with Crippen LogP contribution in [0.5, 0.6) is 0 Å². The van der Waals surface area contributed by atoms with Crippen LogP contribution in [0.15, 0.2) is 0 Å². The van der Waals surface area contributed by atoms with Gasteiger partial charge in [-0.2, -0.15) is 13.2 Å². The number of aliphatic hydroxyl groups is 1. The highest BCUT2D eigenvalue weighted by atomic mass is 19.4. The van der Waals surface area contributed by atoms with E-state index in [1.165, 1.54) is 4.90 Å². The third-order valence-electron chi connectivity index (χ3n) is 3.18. The standard InChI is InChI=1S/C12H22F3N3O2/c1-9(3-2-6-19)16-11(20)17-10-4-5-18(7-10)8-12(13,14)15/h9-10,19H,2-8H2,1H3,(H2,16,17,20). The number of carbonyl (C=O) groups is 1. The number of halogens is 3. The summed E-state index contributed by atoms with van der Waals surface area (Å²) in [5, 5.41) is 14.1. The van der Waals surface area contributed by atoms with Gasteiger partial charge in [-0.15, -0.1) is 0 Å². The minimum Gasteiger partial charge on any atom is -0.396 e. The number of alkyl halides is 3. The second-order valence-corrected chi connectivity index (χ2v) is 5.22. The van der Waals surface area contributed by atoms with Gasteiger partial charge in [0, 0.05) is 31.8 Å². The molecule has 0 bridgehead atoms. The minimum atomic E-state index is -4.20. The van der Waals surface area contributed by atoms with Crippen molar-refractivity contribution in [1.82, 2.24) is 15.5 Å². The van der Waals surface area contributed by atoms with Gasteiger partial charge in [-0.25, -0.2) is 4.79 Å². The Balaban J connectivity index is 2.23. The molecular weight excluding hydrogens is 275 g/mol. The molecule has 8 heteroatoms. The molecule has 1 aliphatic heterocycles. The lowest BCUT2D eigenvalue weighted by Gasteiger charge is -2.19. The molecule has 118 valence electrons. The molecule has 0 spiro atoms. The van der Waals surface area contributed by atoms with E-state index in [4.69, 9.17) is 5.11 Å². The van der Waals surface area contributed by atoms with Gasteiger partial charge >= 0.3 is 12.2 Å². The van der Waals surface area contributed by atoms with Crippen LogP contribution in [0.2, 0.25) is 0 Å². The molecule has 0 aromatic carbocycles. The highest BCUT2D eigenvalue weighted by Gasteiger charge is 2.34. The summed E-state index contributed by atoms with van der Waals surface area (Å²) in [6.07, 6.45) is -2.41. The third kappa shape index (κ3) is 6.95. The van der Waals surface area contributed by atoms with Crippen molar-refractivity contribution < 1.29 is 23.1 Å². The van der Waals surface area contributed by atoms with Gasteiger partial charge in [-0.1, -0.05) is 0 Å². The first kappa shape index (κ1) is 17.0. The highest BCUT2D eigenvalue weighted by molar-refractivity contribution is 5.74. The maximum absolute atomic E-state index is 12.2. The number of aliphatic hydroxyl groups excluding tert-OH is 1. The maximum atomic E-state index is 12.2. The summed E-state index contributed by atoms with van der Waals surface area (Å²) in [5.74, 6) is 0. The molecule has 0 aromatic heterocycles. The fourth-order valence-corrected chi connectivity index (χ4v) is 2.27. The predicted molar refractivity (Wildman–Crippen MR) is 68.3 cm³/mol. The molecule has 2 amide bonds. The number of hydrogen-bond donors (Lipinski definition) is 3. The van der Waals surface area contributed by atoms with E-state index in [1.807, 2.05) is 6.92 Å². The Hall–Kier alpha value is -1.02. The van der Waals surface area contributed by atoms with Crippen molar-refractivity contribution in [2.45, 2.75) is 44.4 Å². The summed E-state index contributed by atoms with van der Waals surface area (Å²) in [6.45, 7) is 1.52. The number of carbonyl (C=O) groups excluding carboxylic acids is 1. The molecule has 1 heterocycles. The smallest absolute Gasteiger partial charge is 0.396 e. The van der Waals surface area contributed by atoms with E-state index in [0.29, 0.717) is 25.8 Å². The van der Waals surface area contributed by atoms with E-state index in [9.17, 15) is 18.0 Å². The zero-order valence-corrected chi connectivity index (χ0v) is 11.5. The SMILES string of the molecule is CC(CCCO)NC(=O)NC1CCN(CC(F)(F)F)C1. The van der Waals surface area contributed by atoms with Gasteiger partial charge in [0.1, 0.15) is 0 Å². The predicted octanol–water partition coefficient (Wildman–Crippen LogP) is 1.08. The number of amides is 2. The quantitative estimate of drug-likeness (QED) is 0.687. The average molecular weight is 297 g/mol. The lowest BCUT2D eigenvalue weighted by Crippen LogP contribution is -2.46. The second kappa shape index (κ2) is 7.68. The summed E-state index contributed by atoms with van der Waals surface area (Å²) in [4.78, 5) is 12.9. The summed E-state index contributed by atoms with van der Waals surface area (Å²) in [7, 11) is 0. The van der Waals surface area contributed by atoms with E-state index in [-0.39, 0.29) is 31.3 Å². The summed E-state index contributed by atoms with van der Waals surface area (Å²) >= 11 is 0. The number of rotatable bonds is 6. The van der Waals surface area contributed by atoms with E-state index in [0.717, 1.165) is 0 Å². The molecule has 1 fully saturated rings. The van der Waals surface area contributed by atoms with Gasteiger partial charge in [-0.3, -0.25) is 4.90 Å². The molecular formula is C12H22F3N3O2. The van der Waals surface area contributed by atoms with Gasteiger partial charge in [0.2, 0.25) is 0 Å². The van der Waals surface area contributed by atoms with E-state index >= 15 is 0 Å². The van der Waals surface area contributed by atoms with Crippen molar-refractivity contribution in [1.29, 1.82) is 0 Å². The van der Waals surface area contributed by atoms with E-state index in [2.05, 4.69) is 10.6 Å². The molecule has 1 aliphatic rings. The van der Waals surface area contributed by atoms with Crippen LogP contribution in [0.1, 0.15) is 26.2 Å². The van der Waals surface area contributed by atoms with Crippen LogP contribution in [-0.4, -0.2) is 60.5 Å². The normalized spacial score (nSPS) is 21.8. The fraction of sp³-hybridized carbons (Fsp3) is 0.917. The maximum Gasteiger partial charge on any atom is 0.401 e. The van der Waals surface area contributed by atoms with Gasteiger partial charge in [0.15, 0.2) is 0 Å². The first-order chi connectivity index (χ1) is 9.30. The van der Waals surface area contributed by atoms with Crippen molar-refractivity contribution in [2.24, 2.45) is 0 Å². The topological polar surface area (TPSA) is 64.6 Å². The van der Waals surface area contributed by atoms with Crippen LogP contribution in [0.25, 0.3) is 0 Å².